The Labute approximate surface area is 156 Å². The number of rotatable bonds is 6. The van der Waals surface area contributed by atoms with Gasteiger partial charge >= 0.3 is 0 Å². The molecule has 128 valence electrons. The smallest absolute Gasteiger partial charge is 0.191 e. The van der Waals surface area contributed by atoms with Gasteiger partial charge in [0.1, 0.15) is 5.01 Å². The number of nitrogens with one attached hydrogen (secondary N) is 2. The van der Waals surface area contributed by atoms with E-state index in [9.17, 15) is 0 Å². The van der Waals surface area contributed by atoms with Gasteiger partial charge in [0.05, 0.1) is 6.54 Å². The highest BCUT2D eigenvalue weighted by Gasteiger charge is 2.13. The molecule has 0 saturated carbocycles. The molecule has 0 aliphatic heterocycles. The molecule has 1 atom stereocenters. The molecule has 2 N–H and O–H groups in total. The first kappa shape index (κ1) is 21.6. The molecule has 4 nitrogen and oxygen atoms in total. The van der Waals surface area contributed by atoms with Crippen LogP contribution in [0.2, 0.25) is 0 Å². The largest absolute Gasteiger partial charge is 0.354 e. The summed E-state index contributed by atoms with van der Waals surface area (Å²) < 4.78 is 0. The van der Waals surface area contributed by atoms with E-state index in [1.54, 1.807) is 11.3 Å². The zero-order valence-corrected chi connectivity index (χ0v) is 17.8. The third-order valence-electron chi connectivity index (χ3n) is 3.29. The van der Waals surface area contributed by atoms with Crippen molar-refractivity contribution in [3.05, 3.63) is 16.1 Å². The summed E-state index contributed by atoms with van der Waals surface area (Å²) in [6.07, 6.45) is 5.35. The average Bonchev–Trinajstić information content (AvgIpc) is 2.88. The lowest BCUT2D eigenvalue weighted by molar-refractivity contribution is 0.346. The summed E-state index contributed by atoms with van der Waals surface area (Å²) in [5.74, 6) is 0.852. The van der Waals surface area contributed by atoms with Gasteiger partial charge in [-0.15, -0.1) is 35.3 Å². The van der Waals surface area contributed by atoms with Gasteiger partial charge in [-0.05, 0) is 31.6 Å². The van der Waals surface area contributed by atoms with Gasteiger partial charge in [0.25, 0.3) is 0 Å². The lowest BCUT2D eigenvalue weighted by Crippen LogP contribution is -2.42. The second kappa shape index (κ2) is 10.4. The number of hydrogen-bond acceptors (Lipinski definition) is 3. The molecule has 0 fully saturated rings. The fourth-order valence-electron chi connectivity index (χ4n) is 1.90. The highest BCUT2D eigenvalue weighted by atomic mass is 127. The Morgan fingerprint density at radius 2 is 2.09 bits per heavy atom. The first-order valence-corrected chi connectivity index (χ1v) is 8.56. The van der Waals surface area contributed by atoms with Crippen LogP contribution in [0.4, 0.5) is 0 Å². The topological polar surface area (TPSA) is 49.3 Å². The van der Waals surface area contributed by atoms with Crippen molar-refractivity contribution in [1.29, 1.82) is 0 Å². The molecular weight excluding hydrogens is 407 g/mol. The molecule has 1 unspecified atom stereocenters. The van der Waals surface area contributed by atoms with Gasteiger partial charge in [0.15, 0.2) is 5.96 Å². The summed E-state index contributed by atoms with van der Waals surface area (Å²) in [7, 11) is 1.81. The van der Waals surface area contributed by atoms with Gasteiger partial charge < -0.3 is 10.6 Å². The standard InChI is InChI=1S/C16H30N4S.HI/c1-7-13-10-18-14(21-13)11-19-15(17-6)20-12(2)8-9-16(3,4)5;/h10,12H,7-9,11H2,1-6H3,(H2,17,19,20);1H. The van der Waals surface area contributed by atoms with Crippen LogP contribution in [-0.4, -0.2) is 24.0 Å². The molecule has 0 aromatic carbocycles. The van der Waals surface area contributed by atoms with E-state index in [0.717, 1.165) is 30.4 Å². The summed E-state index contributed by atoms with van der Waals surface area (Å²) >= 11 is 1.76. The summed E-state index contributed by atoms with van der Waals surface area (Å²) in [5.41, 5.74) is 0.379. The van der Waals surface area contributed by atoms with Gasteiger partial charge in [-0.25, -0.2) is 4.98 Å². The van der Waals surface area contributed by atoms with E-state index in [-0.39, 0.29) is 24.0 Å². The van der Waals surface area contributed by atoms with E-state index in [4.69, 9.17) is 0 Å². The third kappa shape index (κ3) is 8.92. The minimum atomic E-state index is 0. The Bertz CT molecular complexity index is 451. The number of thiazole rings is 1. The SMILES string of the molecule is CCc1cnc(CNC(=NC)NC(C)CCC(C)(C)C)s1.I. The lowest BCUT2D eigenvalue weighted by atomic mass is 9.89. The monoisotopic (exact) mass is 438 g/mol. The van der Waals surface area contributed by atoms with Crippen molar-refractivity contribution in [2.75, 3.05) is 7.05 Å². The minimum absolute atomic E-state index is 0. The van der Waals surface area contributed by atoms with E-state index in [2.05, 4.69) is 55.2 Å². The first-order valence-electron chi connectivity index (χ1n) is 7.75. The molecule has 1 rings (SSSR count). The molecule has 1 aromatic rings. The maximum absolute atomic E-state index is 4.41. The van der Waals surface area contributed by atoms with E-state index in [0.29, 0.717) is 11.5 Å². The molecule has 1 heterocycles. The van der Waals surface area contributed by atoms with E-state index in [1.165, 1.54) is 11.3 Å². The van der Waals surface area contributed by atoms with Crippen LogP contribution in [0.25, 0.3) is 0 Å². The molecule has 22 heavy (non-hydrogen) atoms. The minimum Gasteiger partial charge on any atom is -0.354 e. The number of guanidine groups is 1. The number of hydrogen-bond donors (Lipinski definition) is 2. The summed E-state index contributed by atoms with van der Waals surface area (Å²) in [4.78, 5) is 10.0. The Morgan fingerprint density at radius 3 is 2.59 bits per heavy atom. The van der Waals surface area contributed by atoms with E-state index >= 15 is 0 Å². The summed E-state index contributed by atoms with van der Waals surface area (Å²) in [5, 5.41) is 7.89. The fraction of sp³-hybridized carbons (Fsp3) is 0.750. The van der Waals surface area contributed by atoms with E-state index < -0.39 is 0 Å². The quantitative estimate of drug-likeness (QED) is 0.398. The van der Waals surface area contributed by atoms with Crippen molar-refractivity contribution in [3.8, 4) is 0 Å². The molecule has 0 bridgehead atoms. The maximum atomic E-state index is 4.41. The number of nitrogens with zero attached hydrogens (tertiary/aromatic N) is 2. The van der Waals surface area contributed by atoms with Crippen LogP contribution >= 0.6 is 35.3 Å². The van der Waals surface area contributed by atoms with Gasteiger partial charge in [-0.2, -0.15) is 0 Å². The van der Waals surface area contributed by atoms with Crippen LogP contribution in [0.3, 0.4) is 0 Å². The summed E-state index contributed by atoms with van der Waals surface area (Å²) in [6, 6.07) is 0.415. The van der Waals surface area contributed by atoms with Crippen molar-refractivity contribution in [2.45, 2.75) is 66.5 Å². The van der Waals surface area contributed by atoms with E-state index in [1.807, 2.05) is 13.2 Å². The van der Waals surface area contributed by atoms with Crippen molar-refractivity contribution in [1.82, 2.24) is 15.6 Å². The third-order valence-corrected chi connectivity index (χ3v) is 4.43. The molecule has 6 heteroatoms. The number of aromatic nitrogens is 1. The zero-order valence-electron chi connectivity index (χ0n) is 14.7. The van der Waals surface area contributed by atoms with Gasteiger partial charge in [-0.1, -0.05) is 27.7 Å². The van der Waals surface area contributed by atoms with Crippen molar-refractivity contribution >= 4 is 41.3 Å². The number of aliphatic imine (C=N–C) groups is 1. The van der Waals surface area contributed by atoms with Gasteiger partial charge in [0, 0.05) is 24.2 Å². The molecule has 0 saturated heterocycles. The van der Waals surface area contributed by atoms with Crippen LogP contribution in [0.5, 0.6) is 0 Å². The van der Waals surface area contributed by atoms with Gasteiger partial charge in [-0.3, -0.25) is 4.99 Å². The van der Waals surface area contributed by atoms with Crippen LogP contribution in [0.1, 0.15) is 57.3 Å². The fourth-order valence-corrected chi connectivity index (χ4v) is 2.70. The second-order valence-electron chi connectivity index (χ2n) is 6.64. The van der Waals surface area contributed by atoms with Crippen LogP contribution < -0.4 is 10.6 Å². The molecule has 1 aromatic heterocycles. The number of halogens is 1. The maximum Gasteiger partial charge on any atom is 0.191 e. The Balaban J connectivity index is 0.00000441. The summed E-state index contributed by atoms with van der Waals surface area (Å²) in [6.45, 7) is 11.9. The van der Waals surface area contributed by atoms with Crippen molar-refractivity contribution in [3.63, 3.8) is 0 Å². The molecule has 0 aliphatic carbocycles. The number of aryl methyl sites for hydroxylation is 1. The predicted octanol–water partition coefficient (Wildman–Crippen LogP) is 4.20. The van der Waals surface area contributed by atoms with Crippen molar-refractivity contribution in [2.24, 2.45) is 10.4 Å². The highest BCUT2D eigenvalue weighted by Crippen LogP contribution is 2.21. The zero-order chi connectivity index (χ0) is 15.9. The Morgan fingerprint density at radius 1 is 1.41 bits per heavy atom. The predicted molar refractivity (Wildman–Crippen MR) is 108 cm³/mol. The van der Waals surface area contributed by atoms with Gasteiger partial charge in [0.2, 0.25) is 0 Å². The molecule has 0 aliphatic rings. The second-order valence-corrected chi connectivity index (χ2v) is 7.84. The van der Waals surface area contributed by atoms with Crippen LogP contribution in [0.15, 0.2) is 11.2 Å². The molecule has 0 radical (unpaired) electrons. The average molecular weight is 438 g/mol. The lowest BCUT2D eigenvalue weighted by Gasteiger charge is -2.22. The molecular formula is C16H31IN4S. The molecule has 0 amide bonds. The van der Waals surface area contributed by atoms with Crippen LogP contribution in [0, 0.1) is 5.41 Å². The van der Waals surface area contributed by atoms with Crippen LogP contribution in [-0.2, 0) is 13.0 Å². The van der Waals surface area contributed by atoms with Crippen molar-refractivity contribution < 1.29 is 0 Å². The normalized spacial score (nSPS) is 13.5. The first-order chi connectivity index (χ1) is 9.84. The molecule has 0 spiro atoms. The highest BCUT2D eigenvalue weighted by molar-refractivity contribution is 14.0. The Hall–Kier alpha value is -0.370. The Kier molecular flexibility index (Phi) is 10.2.